The van der Waals surface area contributed by atoms with Crippen LogP contribution in [0.5, 0.6) is 11.5 Å². The highest BCUT2D eigenvalue weighted by atomic mass is 32.1. The molecule has 33 heavy (non-hydrogen) atoms. The van der Waals surface area contributed by atoms with E-state index in [0.29, 0.717) is 21.3 Å². The number of hydrogen-bond donors (Lipinski definition) is 1. The average molecular weight is 479 g/mol. The van der Waals surface area contributed by atoms with Crippen molar-refractivity contribution in [3.63, 3.8) is 0 Å². The lowest BCUT2D eigenvalue weighted by Gasteiger charge is -2.16. The first-order valence-corrected chi connectivity index (χ1v) is 10.4. The maximum Gasteiger partial charge on any atom is 0.573 e. The van der Waals surface area contributed by atoms with Gasteiger partial charge in [-0.2, -0.15) is 0 Å². The average Bonchev–Trinajstić information content (AvgIpc) is 3.15. The van der Waals surface area contributed by atoms with Crippen LogP contribution in [0.25, 0.3) is 10.6 Å². The van der Waals surface area contributed by atoms with Gasteiger partial charge in [-0.15, -0.1) is 24.5 Å². The summed E-state index contributed by atoms with van der Waals surface area (Å²) in [5.41, 5.74) is 1.65. The Labute approximate surface area is 191 Å². The van der Waals surface area contributed by atoms with Crippen LogP contribution in [-0.2, 0) is 4.79 Å². The molecule has 7 nitrogen and oxygen atoms in total. The SMILES string of the molecule is COc1ccc(-c2nc(C)c(C(=O)N(C)CC(=O)Nc3ccc(OC(F)(F)F)cc3)s2)cc1. The summed E-state index contributed by atoms with van der Waals surface area (Å²) in [5.74, 6) is -0.570. The summed E-state index contributed by atoms with van der Waals surface area (Å²) in [7, 11) is 3.05. The number of halogens is 3. The van der Waals surface area contributed by atoms with Gasteiger partial charge in [0.05, 0.1) is 19.3 Å². The molecule has 2 amide bonds. The van der Waals surface area contributed by atoms with Crippen LogP contribution in [0, 0.1) is 6.92 Å². The fraction of sp³-hybridized carbons (Fsp3) is 0.227. The third-order valence-electron chi connectivity index (χ3n) is 4.43. The summed E-state index contributed by atoms with van der Waals surface area (Å²) < 4.78 is 45.6. The number of rotatable bonds is 7. The highest BCUT2D eigenvalue weighted by Gasteiger charge is 2.31. The summed E-state index contributed by atoms with van der Waals surface area (Å²) >= 11 is 1.22. The van der Waals surface area contributed by atoms with E-state index in [4.69, 9.17) is 4.74 Å². The summed E-state index contributed by atoms with van der Waals surface area (Å²) in [5, 5.41) is 3.20. The molecule has 3 rings (SSSR count). The molecule has 0 radical (unpaired) electrons. The number of methoxy groups -OCH3 is 1. The second-order valence-electron chi connectivity index (χ2n) is 6.94. The fourth-order valence-electron chi connectivity index (χ4n) is 2.85. The van der Waals surface area contributed by atoms with Crippen molar-refractivity contribution in [1.82, 2.24) is 9.88 Å². The monoisotopic (exact) mass is 479 g/mol. The quantitative estimate of drug-likeness (QED) is 0.530. The van der Waals surface area contributed by atoms with E-state index >= 15 is 0 Å². The van der Waals surface area contributed by atoms with E-state index in [2.05, 4.69) is 15.0 Å². The van der Waals surface area contributed by atoms with Crippen molar-refractivity contribution >= 4 is 28.8 Å². The molecule has 1 N–H and O–H groups in total. The van der Waals surface area contributed by atoms with Crippen molar-refractivity contribution in [2.24, 2.45) is 0 Å². The molecule has 1 aromatic heterocycles. The van der Waals surface area contributed by atoms with Crippen molar-refractivity contribution < 1.29 is 32.2 Å². The van der Waals surface area contributed by atoms with Gasteiger partial charge < -0.3 is 19.7 Å². The molecule has 0 fully saturated rings. The minimum absolute atomic E-state index is 0.255. The normalized spacial score (nSPS) is 11.1. The molecule has 1 heterocycles. The number of benzene rings is 2. The van der Waals surface area contributed by atoms with Crippen LogP contribution in [-0.4, -0.2) is 48.8 Å². The lowest BCUT2D eigenvalue weighted by Crippen LogP contribution is -2.34. The number of thiazole rings is 1. The number of hydrogen-bond acceptors (Lipinski definition) is 6. The Bertz CT molecular complexity index is 1130. The van der Waals surface area contributed by atoms with Crippen molar-refractivity contribution in [3.8, 4) is 22.1 Å². The van der Waals surface area contributed by atoms with Crippen LogP contribution in [0.2, 0.25) is 0 Å². The Kier molecular flexibility index (Phi) is 7.22. The van der Waals surface area contributed by atoms with E-state index in [9.17, 15) is 22.8 Å². The van der Waals surface area contributed by atoms with Gasteiger partial charge in [-0.05, 0) is 55.5 Å². The van der Waals surface area contributed by atoms with E-state index in [1.165, 1.54) is 35.4 Å². The predicted molar refractivity (Wildman–Crippen MR) is 118 cm³/mol. The minimum Gasteiger partial charge on any atom is -0.497 e. The van der Waals surface area contributed by atoms with Gasteiger partial charge >= 0.3 is 6.36 Å². The fourth-order valence-corrected chi connectivity index (χ4v) is 3.92. The van der Waals surface area contributed by atoms with Crippen molar-refractivity contribution in [2.75, 3.05) is 26.0 Å². The Morgan fingerprint density at radius 3 is 2.24 bits per heavy atom. The molecule has 0 unspecified atom stereocenters. The predicted octanol–water partition coefficient (Wildman–Crippen LogP) is 4.74. The number of carbonyl (C=O) groups excluding carboxylic acids is 2. The molecule has 0 aliphatic heterocycles. The Morgan fingerprint density at radius 2 is 1.67 bits per heavy atom. The number of ether oxygens (including phenoxy) is 2. The highest BCUT2D eigenvalue weighted by molar-refractivity contribution is 7.17. The first kappa shape index (κ1) is 24.1. The van der Waals surface area contributed by atoms with Crippen LogP contribution in [0.4, 0.5) is 18.9 Å². The molecule has 0 aliphatic rings. The largest absolute Gasteiger partial charge is 0.573 e. The molecule has 0 saturated heterocycles. The van der Waals surface area contributed by atoms with E-state index < -0.39 is 18.0 Å². The molecule has 0 atom stereocenters. The molecule has 11 heteroatoms. The van der Waals surface area contributed by atoms with Crippen LogP contribution in [0.3, 0.4) is 0 Å². The third-order valence-corrected chi connectivity index (χ3v) is 5.62. The number of alkyl halides is 3. The molecule has 2 aromatic carbocycles. The number of anilines is 1. The molecule has 0 spiro atoms. The molecular formula is C22H20F3N3O4S. The van der Waals surface area contributed by atoms with Gasteiger partial charge in [-0.1, -0.05) is 0 Å². The number of aromatic nitrogens is 1. The molecule has 3 aromatic rings. The second-order valence-corrected chi connectivity index (χ2v) is 7.94. The number of aryl methyl sites for hydroxylation is 1. The third kappa shape index (κ3) is 6.45. The van der Waals surface area contributed by atoms with Crippen molar-refractivity contribution in [1.29, 1.82) is 0 Å². The van der Waals surface area contributed by atoms with E-state index in [1.807, 2.05) is 12.1 Å². The standard InChI is InChI=1S/C22H20F3N3O4S/c1-13-19(33-20(26-13)14-4-8-16(31-3)9-5-14)21(30)28(2)12-18(29)27-15-6-10-17(11-7-15)32-22(23,24)25/h4-11H,12H2,1-3H3,(H,27,29). The summed E-state index contributed by atoms with van der Waals surface area (Å²) in [6.45, 7) is 1.46. The summed E-state index contributed by atoms with van der Waals surface area (Å²) in [6.07, 6.45) is -4.80. The van der Waals surface area contributed by atoms with E-state index in [-0.39, 0.29) is 18.1 Å². The smallest absolute Gasteiger partial charge is 0.497 e. The van der Waals surface area contributed by atoms with Crippen LogP contribution < -0.4 is 14.8 Å². The van der Waals surface area contributed by atoms with Crippen LogP contribution in [0.15, 0.2) is 48.5 Å². The zero-order chi connectivity index (χ0) is 24.2. The number of nitrogens with zero attached hydrogens (tertiary/aromatic N) is 2. The lowest BCUT2D eigenvalue weighted by molar-refractivity contribution is -0.274. The van der Waals surface area contributed by atoms with Gasteiger partial charge in [0, 0.05) is 18.3 Å². The van der Waals surface area contributed by atoms with E-state index in [1.54, 1.807) is 26.2 Å². The number of likely N-dealkylation sites (N-methyl/N-ethyl adjacent to an activating group) is 1. The number of carbonyl (C=O) groups is 2. The number of nitrogens with one attached hydrogen (secondary N) is 1. The van der Waals surface area contributed by atoms with Gasteiger partial charge in [0.2, 0.25) is 5.91 Å². The molecule has 174 valence electrons. The van der Waals surface area contributed by atoms with Gasteiger partial charge in [0.15, 0.2) is 0 Å². The summed E-state index contributed by atoms with van der Waals surface area (Å²) in [4.78, 5) is 31.3. The zero-order valence-corrected chi connectivity index (χ0v) is 18.7. The van der Waals surface area contributed by atoms with E-state index in [0.717, 1.165) is 17.7 Å². The van der Waals surface area contributed by atoms with Gasteiger partial charge in [0.1, 0.15) is 21.4 Å². The first-order chi connectivity index (χ1) is 15.6. The Balaban J connectivity index is 1.62. The van der Waals surface area contributed by atoms with Crippen LogP contribution >= 0.6 is 11.3 Å². The maximum atomic E-state index is 12.8. The zero-order valence-electron chi connectivity index (χ0n) is 17.9. The molecular weight excluding hydrogens is 459 g/mol. The lowest BCUT2D eigenvalue weighted by atomic mass is 10.2. The minimum atomic E-state index is -4.80. The maximum absolute atomic E-state index is 12.8. The van der Waals surface area contributed by atoms with Crippen molar-refractivity contribution in [3.05, 3.63) is 59.1 Å². The second kappa shape index (κ2) is 9.90. The van der Waals surface area contributed by atoms with Gasteiger partial charge in [-0.25, -0.2) is 4.98 Å². The van der Waals surface area contributed by atoms with Crippen molar-refractivity contribution in [2.45, 2.75) is 13.3 Å². The topological polar surface area (TPSA) is 80.8 Å². The first-order valence-electron chi connectivity index (χ1n) is 9.58. The van der Waals surface area contributed by atoms with Crippen LogP contribution in [0.1, 0.15) is 15.4 Å². The van der Waals surface area contributed by atoms with Gasteiger partial charge in [-0.3, -0.25) is 9.59 Å². The molecule has 0 aliphatic carbocycles. The number of amides is 2. The summed E-state index contributed by atoms with van der Waals surface area (Å²) in [6, 6.07) is 12.0. The Morgan fingerprint density at radius 1 is 1.06 bits per heavy atom. The van der Waals surface area contributed by atoms with Gasteiger partial charge in [0.25, 0.3) is 5.91 Å². The highest BCUT2D eigenvalue weighted by Crippen LogP contribution is 2.30. The Hall–Kier alpha value is -3.60. The molecule has 0 saturated carbocycles. The molecule has 0 bridgehead atoms.